The lowest BCUT2D eigenvalue weighted by Gasteiger charge is -2.20. The maximum Gasteiger partial charge on any atom is 0.472 e. The Balaban J connectivity index is 4.66. The second-order valence-electron chi connectivity index (χ2n) is 13.5. The van der Waals surface area contributed by atoms with Gasteiger partial charge in [0.15, 0.2) is 6.10 Å². The third-order valence-corrected chi connectivity index (χ3v) is 9.15. The molecule has 1 unspecified atom stereocenters. The van der Waals surface area contributed by atoms with E-state index in [1.165, 1.54) is 12.8 Å². The minimum atomic E-state index is -4.87. The van der Waals surface area contributed by atoms with Gasteiger partial charge in [-0.05, 0) is 50.9 Å². The number of unbranched alkanes of at least 4 members (excludes halogenated alkanes) is 7. The molecule has 314 valence electrons. The number of esters is 2. The SMILES string of the molecule is CCCC[C@H](O)/C=C\C/C=C\C/C=C\C/C=C\CCCC(=O)OC[C@H](COP(=O)(O)OC[C@@H](O)COP(=O)(O)O)OC(=O)CCCCCCCCC(C)C. The molecule has 0 bridgehead atoms. The number of hydrogen-bond donors (Lipinski definition) is 5. The molecule has 5 N–H and O–H groups in total. The minimum Gasteiger partial charge on any atom is -0.462 e. The normalized spacial score (nSPS) is 15.4. The Morgan fingerprint density at radius 3 is 1.81 bits per heavy atom. The Labute approximate surface area is 322 Å². The Morgan fingerprint density at radius 1 is 0.630 bits per heavy atom. The maximum atomic E-state index is 12.5. The maximum absolute atomic E-state index is 12.5. The highest BCUT2D eigenvalue weighted by Crippen LogP contribution is 2.43. The zero-order valence-electron chi connectivity index (χ0n) is 32.6. The van der Waals surface area contributed by atoms with Gasteiger partial charge in [-0.25, -0.2) is 9.13 Å². The summed E-state index contributed by atoms with van der Waals surface area (Å²) in [6.45, 7) is 3.69. The third kappa shape index (κ3) is 37.0. The number of carbonyl (C=O) groups excluding carboxylic acids is 2. The van der Waals surface area contributed by atoms with Gasteiger partial charge >= 0.3 is 27.6 Å². The van der Waals surface area contributed by atoms with E-state index < -0.39 is 66.2 Å². The molecular weight excluding hydrogens is 742 g/mol. The first-order valence-corrected chi connectivity index (χ1v) is 22.3. The van der Waals surface area contributed by atoms with Crippen molar-refractivity contribution in [2.24, 2.45) is 5.92 Å². The first-order valence-electron chi connectivity index (χ1n) is 19.3. The topological polar surface area (TPSA) is 216 Å². The molecule has 0 radical (unpaired) electrons. The molecule has 0 aromatic carbocycles. The van der Waals surface area contributed by atoms with Gasteiger partial charge in [-0.2, -0.15) is 0 Å². The second-order valence-corrected chi connectivity index (χ2v) is 16.2. The van der Waals surface area contributed by atoms with Gasteiger partial charge in [0.25, 0.3) is 0 Å². The van der Waals surface area contributed by atoms with Crippen molar-refractivity contribution in [3.8, 4) is 0 Å². The van der Waals surface area contributed by atoms with Crippen LogP contribution in [0.2, 0.25) is 0 Å². The zero-order chi connectivity index (χ0) is 40.5. The Hall–Kier alpha value is -1.96. The van der Waals surface area contributed by atoms with Crippen LogP contribution in [0.5, 0.6) is 0 Å². The van der Waals surface area contributed by atoms with E-state index in [0.717, 1.165) is 64.2 Å². The molecule has 54 heavy (non-hydrogen) atoms. The highest BCUT2D eigenvalue weighted by molar-refractivity contribution is 7.47. The zero-order valence-corrected chi connectivity index (χ0v) is 34.4. The molecule has 0 spiro atoms. The van der Waals surface area contributed by atoms with Crippen LogP contribution < -0.4 is 0 Å². The lowest BCUT2D eigenvalue weighted by atomic mass is 10.0. The molecule has 0 heterocycles. The molecule has 0 aliphatic heterocycles. The molecule has 0 saturated carbocycles. The fraction of sp³-hybridized carbons (Fsp3) is 0.737. The fourth-order valence-corrected chi connectivity index (χ4v) is 5.87. The largest absolute Gasteiger partial charge is 0.472 e. The van der Waals surface area contributed by atoms with Crippen molar-refractivity contribution in [1.29, 1.82) is 0 Å². The summed E-state index contributed by atoms with van der Waals surface area (Å²) in [5.41, 5.74) is 0. The Morgan fingerprint density at radius 2 is 1.19 bits per heavy atom. The predicted octanol–water partition coefficient (Wildman–Crippen LogP) is 7.94. The van der Waals surface area contributed by atoms with Crippen molar-refractivity contribution < 1.29 is 66.7 Å². The molecule has 0 aliphatic rings. The molecular formula is C38H68O14P2. The lowest BCUT2D eigenvalue weighted by Crippen LogP contribution is -2.30. The van der Waals surface area contributed by atoms with E-state index in [1.54, 1.807) is 0 Å². The van der Waals surface area contributed by atoms with E-state index in [9.17, 15) is 33.8 Å². The summed E-state index contributed by atoms with van der Waals surface area (Å²) < 4.78 is 47.4. The van der Waals surface area contributed by atoms with Crippen LogP contribution >= 0.6 is 15.6 Å². The predicted molar refractivity (Wildman–Crippen MR) is 208 cm³/mol. The number of allylic oxidation sites excluding steroid dienone is 7. The van der Waals surface area contributed by atoms with Crippen LogP contribution in [0.25, 0.3) is 0 Å². The van der Waals surface area contributed by atoms with Crippen LogP contribution in [0.15, 0.2) is 48.6 Å². The van der Waals surface area contributed by atoms with E-state index in [1.807, 2.05) is 24.3 Å². The summed E-state index contributed by atoms with van der Waals surface area (Å²) in [4.78, 5) is 52.4. The van der Waals surface area contributed by atoms with Crippen molar-refractivity contribution >= 4 is 27.6 Å². The number of aliphatic hydroxyl groups is 2. The Bertz CT molecular complexity index is 1180. The smallest absolute Gasteiger partial charge is 0.462 e. The van der Waals surface area contributed by atoms with Gasteiger partial charge in [-0.1, -0.05) is 121 Å². The van der Waals surface area contributed by atoms with E-state index in [2.05, 4.69) is 54.1 Å². The third-order valence-electron chi connectivity index (χ3n) is 7.71. The van der Waals surface area contributed by atoms with E-state index >= 15 is 0 Å². The summed E-state index contributed by atoms with van der Waals surface area (Å²) >= 11 is 0. The van der Waals surface area contributed by atoms with E-state index in [4.69, 9.17) is 23.8 Å². The van der Waals surface area contributed by atoms with Gasteiger partial charge in [-0.3, -0.25) is 23.2 Å². The van der Waals surface area contributed by atoms with Gasteiger partial charge in [0.1, 0.15) is 12.7 Å². The number of aliphatic hydroxyl groups excluding tert-OH is 2. The van der Waals surface area contributed by atoms with Gasteiger partial charge in [0, 0.05) is 12.8 Å². The first kappa shape index (κ1) is 52.0. The highest BCUT2D eigenvalue weighted by Gasteiger charge is 2.28. The summed E-state index contributed by atoms with van der Waals surface area (Å²) in [5, 5.41) is 19.5. The number of rotatable bonds is 35. The van der Waals surface area contributed by atoms with Gasteiger partial charge < -0.3 is 34.4 Å². The van der Waals surface area contributed by atoms with Crippen LogP contribution in [0, 0.1) is 5.92 Å². The summed E-state index contributed by atoms with van der Waals surface area (Å²) in [5.74, 6) is -0.449. The monoisotopic (exact) mass is 810 g/mol. The molecule has 0 aromatic heterocycles. The lowest BCUT2D eigenvalue weighted by molar-refractivity contribution is -0.161. The average Bonchev–Trinajstić information content (AvgIpc) is 3.10. The minimum absolute atomic E-state index is 0.101. The fourth-order valence-electron chi connectivity index (χ4n) is 4.72. The van der Waals surface area contributed by atoms with Crippen LogP contribution in [-0.2, 0) is 41.8 Å². The van der Waals surface area contributed by atoms with Crippen molar-refractivity contribution in [3.05, 3.63) is 48.6 Å². The Kier molecular flexibility index (Phi) is 32.0. The standard InChI is InChI=1S/C38H68O14P2/c1-4-5-25-34(39)26-21-17-12-10-8-6-7-9-11-13-18-22-27-37(41)48-31-36(52-38(42)28-23-19-15-14-16-20-24-33(2)3)32-51-54(46,47)50-30-35(40)29-49-53(43,44)45/h6-7,10-13,21,26,33-36,39-40H,4-5,8-9,14-20,22-25,27-32H2,1-3H3,(H,46,47)(H2,43,44,45)/b7-6-,12-10-,13-11-,26-21-/t34-,35-,36+/m0/s1. The van der Waals surface area contributed by atoms with Crippen molar-refractivity contribution in [3.63, 3.8) is 0 Å². The van der Waals surface area contributed by atoms with Crippen LogP contribution in [0.4, 0.5) is 0 Å². The summed E-state index contributed by atoms with van der Waals surface area (Å²) in [7, 11) is -9.69. The molecule has 0 rings (SSSR count). The average molecular weight is 811 g/mol. The molecule has 0 fully saturated rings. The van der Waals surface area contributed by atoms with Crippen molar-refractivity contribution in [2.75, 3.05) is 26.4 Å². The van der Waals surface area contributed by atoms with Crippen molar-refractivity contribution in [2.45, 2.75) is 148 Å². The van der Waals surface area contributed by atoms with Crippen LogP contribution in [0.3, 0.4) is 0 Å². The number of carbonyl (C=O) groups is 2. The first-order chi connectivity index (χ1) is 25.6. The van der Waals surface area contributed by atoms with E-state index in [0.29, 0.717) is 25.2 Å². The summed E-state index contributed by atoms with van der Waals surface area (Å²) in [6.07, 6.45) is 26.4. The van der Waals surface area contributed by atoms with E-state index in [-0.39, 0.29) is 18.9 Å². The molecule has 0 aromatic rings. The van der Waals surface area contributed by atoms with Gasteiger partial charge in [-0.15, -0.1) is 0 Å². The number of phosphoric ester groups is 2. The number of hydrogen-bond acceptors (Lipinski definition) is 11. The molecule has 0 amide bonds. The molecule has 0 aliphatic carbocycles. The second kappa shape index (κ2) is 33.2. The quantitative estimate of drug-likeness (QED) is 0.0178. The molecule has 0 saturated heterocycles. The molecule has 4 atom stereocenters. The van der Waals surface area contributed by atoms with Gasteiger partial charge in [0.2, 0.25) is 0 Å². The summed E-state index contributed by atoms with van der Waals surface area (Å²) in [6, 6.07) is 0. The van der Waals surface area contributed by atoms with Crippen molar-refractivity contribution in [1.82, 2.24) is 0 Å². The molecule has 14 nitrogen and oxygen atoms in total. The number of phosphoric acid groups is 2. The van der Waals surface area contributed by atoms with Gasteiger partial charge in [0.05, 0.1) is 25.9 Å². The van der Waals surface area contributed by atoms with Crippen LogP contribution in [0.1, 0.15) is 130 Å². The molecule has 16 heteroatoms. The van der Waals surface area contributed by atoms with Crippen LogP contribution in [-0.4, -0.2) is 81.6 Å². The highest BCUT2D eigenvalue weighted by atomic mass is 31.2. The number of ether oxygens (including phenoxy) is 2.